The van der Waals surface area contributed by atoms with Crippen LogP contribution in [0.3, 0.4) is 0 Å². The number of hydrogen-bond acceptors (Lipinski definition) is 7. The van der Waals surface area contributed by atoms with Crippen LogP contribution in [0.2, 0.25) is 0 Å². The Balaban J connectivity index is 2.81. The molecule has 0 saturated heterocycles. The van der Waals surface area contributed by atoms with E-state index in [0.717, 1.165) is 5.56 Å². The zero-order chi connectivity index (χ0) is 27.3. The van der Waals surface area contributed by atoms with Gasteiger partial charge in [-0.25, -0.2) is 15.0 Å². The van der Waals surface area contributed by atoms with Crippen molar-refractivity contribution in [2.45, 2.75) is 78.2 Å². The maximum absolute atomic E-state index is 13.0. The Morgan fingerprint density at radius 3 is 2.08 bits per heavy atom. The second-order valence-corrected chi connectivity index (χ2v) is 9.57. The van der Waals surface area contributed by atoms with Crippen molar-refractivity contribution in [1.82, 2.24) is 21.5 Å². The first-order valence-corrected chi connectivity index (χ1v) is 11.6. The normalized spacial score (nSPS) is 12.6. The summed E-state index contributed by atoms with van der Waals surface area (Å²) in [5.41, 5.74) is 9.41. The minimum Gasteiger partial charge on any atom is -0.445 e. The zero-order valence-electron chi connectivity index (χ0n) is 21.4. The van der Waals surface area contributed by atoms with Crippen molar-refractivity contribution in [3.63, 3.8) is 0 Å². The number of primary amides is 1. The smallest absolute Gasteiger partial charge is 0.426 e. The molecule has 0 aliphatic heterocycles. The molecule has 0 aliphatic rings. The van der Waals surface area contributed by atoms with Crippen LogP contribution in [0.1, 0.15) is 59.4 Å². The average molecular weight is 508 g/mol. The lowest BCUT2D eigenvalue weighted by Crippen LogP contribution is -2.56. The Morgan fingerprint density at radius 2 is 1.53 bits per heavy atom. The number of rotatable bonds is 11. The first kappa shape index (κ1) is 30.2. The molecular formula is C24H37N5O7. The van der Waals surface area contributed by atoms with E-state index in [2.05, 4.69) is 21.5 Å². The average Bonchev–Trinajstić information content (AvgIpc) is 2.77. The highest BCUT2D eigenvalue weighted by Crippen LogP contribution is 2.09. The lowest BCUT2D eigenvalue weighted by molar-refractivity contribution is -0.131. The van der Waals surface area contributed by atoms with E-state index in [0.29, 0.717) is 0 Å². The van der Waals surface area contributed by atoms with E-state index in [1.54, 1.807) is 45.0 Å². The highest BCUT2D eigenvalue weighted by molar-refractivity contribution is 5.92. The third-order valence-corrected chi connectivity index (χ3v) is 4.53. The number of alkyl carbamates (subject to hydrolysis) is 1. The highest BCUT2D eigenvalue weighted by Gasteiger charge is 2.28. The topological polar surface area (TPSA) is 178 Å². The van der Waals surface area contributed by atoms with E-state index < -0.39 is 47.6 Å². The maximum atomic E-state index is 13.0. The zero-order valence-corrected chi connectivity index (χ0v) is 21.4. The van der Waals surface area contributed by atoms with Crippen molar-refractivity contribution in [2.75, 3.05) is 0 Å². The second kappa shape index (κ2) is 14.5. The third kappa shape index (κ3) is 13.2. The Morgan fingerprint density at radius 1 is 0.889 bits per heavy atom. The molecule has 0 fully saturated rings. The molecule has 12 heteroatoms. The van der Waals surface area contributed by atoms with Crippen molar-refractivity contribution in [3.8, 4) is 0 Å². The van der Waals surface area contributed by atoms with Gasteiger partial charge in [0.15, 0.2) is 0 Å². The molecule has 0 bridgehead atoms. The second-order valence-electron chi connectivity index (χ2n) is 9.57. The number of nitrogens with two attached hydrogens (primary N) is 1. The molecule has 0 aromatic heterocycles. The van der Waals surface area contributed by atoms with Gasteiger partial charge in [0.05, 0.1) is 0 Å². The summed E-state index contributed by atoms with van der Waals surface area (Å²) in [5.74, 6) is -2.13. The van der Waals surface area contributed by atoms with E-state index in [1.807, 2.05) is 19.9 Å². The van der Waals surface area contributed by atoms with E-state index in [9.17, 15) is 24.0 Å². The minimum absolute atomic E-state index is 0.0157. The van der Waals surface area contributed by atoms with Gasteiger partial charge in [-0.15, -0.1) is 0 Å². The van der Waals surface area contributed by atoms with Crippen LogP contribution in [0.5, 0.6) is 0 Å². The largest absolute Gasteiger partial charge is 0.445 e. The van der Waals surface area contributed by atoms with Gasteiger partial charge in [-0.05, 0) is 45.1 Å². The number of carbonyl (C=O) groups excluding carboxylic acids is 5. The molecule has 1 rings (SSSR count). The molecule has 6 N–H and O–H groups in total. The summed E-state index contributed by atoms with van der Waals surface area (Å²) in [5, 5.41) is 5.02. The van der Waals surface area contributed by atoms with Crippen LogP contribution in [0.4, 0.5) is 9.59 Å². The first-order valence-electron chi connectivity index (χ1n) is 11.6. The summed E-state index contributed by atoms with van der Waals surface area (Å²) in [6.07, 6.45) is -1.78. The molecule has 200 valence electrons. The van der Waals surface area contributed by atoms with Crippen LogP contribution < -0.4 is 27.2 Å². The highest BCUT2D eigenvalue weighted by atomic mass is 16.6. The van der Waals surface area contributed by atoms with Gasteiger partial charge in [-0.1, -0.05) is 44.2 Å². The molecule has 0 radical (unpaired) electrons. The van der Waals surface area contributed by atoms with Crippen LogP contribution >= 0.6 is 0 Å². The molecule has 12 nitrogen and oxygen atoms in total. The van der Waals surface area contributed by atoms with E-state index in [4.69, 9.17) is 15.2 Å². The summed E-state index contributed by atoms with van der Waals surface area (Å²) in [6.45, 7) is 8.69. The Bertz CT molecular complexity index is 900. The molecule has 1 aromatic rings. The lowest BCUT2D eigenvalue weighted by Gasteiger charge is -2.24. The first-order chi connectivity index (χ1) is 16.8. The number of benzene rings is 1. The Labute approximate surface area is 211 Å². The van der Waals surface area contributed by atoms with E-state index >= 15 is 0 Å². The molecule has 0 spiro atoms. The molecular weight excluding hydrogens is 470 g/mol. The lowest BCUT2D eigenvalue weighted by atomic mass is 10.0. The minimum atomic E-state index is -1.23. The fourth-order valence-corrected chi connectivity index (χ4v) is 2.94. The van der Waals surface area contributed by atoms with Crippen LogP contribution in [0.25, 0.3) is 0 Å². The van der Waals surface area contributed by atoms with Gasteiger partial charge in [0.25, 0.3) is 5.91 Å². The van der Waals surface area contributed by atoms with Crippen molar-refractivity contribution in [2.24, 2.45) is 11.7 Å². The maximum Gasteiger partial charge on any atom is 0.426 e. The van der Waals surface area contributed by atoms with Gasteiger partial charge >= 0.3 is 12.2 Å². The van der Waals surface area contributed by atoms with Crippen molar-refractivity contribution < 1.29 is 33.4 Å². The van der Waals surface area contributed by atoms with Crippen LogP contribution in [-0.4, -0.2) is 47.6 Å². The SMILES string of the molecule is CC(C)C[C@H](NC(=O)OCc1ccccc1)C(=O)N[C@@H](CCC(N)=O)C(=O)NNC(=O)OC(C)(C)C. The fourth-order valence-electron chi connectivity index (χ4n) is 2.94. The summed E-state index contributed by atoms with van der Waals surface area (Å²) >= 11 is 0. The quantitative estimate of drug-likeness (QED) is 0.282. The van der Waals surface area contributed by atoms with Gasteiger partial charge in [-0.2, -0.15) is 0 Å². The van der Waals surface area contributed by atoms with Crippen molar-refractivity contribution >= 4 is 29.9 Å². The van der Waals surface area contributed by atoms with Gasteiger partial charge < -0.3 is 25.8 Å². The van der Waals surface area contributed by atoms with E-state index in [1.165, 1.54) is 0 Å². The molecule has 1 aromatic carbocycles. The van der Waals surface area contributed by atoms with Gasteiger partial charge in [0.1, 0.15) is 24.3 Å². The summed E-state index contributed by atoms with van der Waals surface area (Å²) < 4.78 is 10.2. The third-order valence-electron chi connectivity index (χ3n) is 4.53. The van der Waals surface area contributed by atoms with Crippen LogP contribution in [0, 0.1) is 5.92 Å². The summed E-state index contributed by atoms with van der Waals surface area (Å²) in [4.78, 5) is 61.0. The Hall–Kier alpha value is -3.83. The monoisotopic (exact) mass is 507 g/mol. The number of ether oxygens (including phenoxy) is 2. The van der Waals surface area contributed by atoms with E-state index in [-0.39, 0.29) is 31.8 Å². The van der Waals surface area contributed by atoms with Gasteiger partial charge in [0.2, 0.25) is 11.8 Å². The van der Waals surface area contributed by atoms with Crippen molar-refractivity contribution in [3.05, 3.63) is 35.9 Å². The molecule has 0 heterocycles. The van der Waals surface area contributed by atoms with Gasteiger partial charge in [0, 0.05) is 6.42 Å². The summed E-state index contributed by atoms with van der Waals surface area (Å²) in [7, 11) is 0. The number of amides is 5. The number of nitrogens with one attached hydrogen (secondary N) is 4. The fraction of sp³-hybridized carbons (Fsp3) is 0.542. The molecule has 0 aliphatic carbocycles. The molecule has 2 atom stereocenters. The molecule has 0 saturated carbocycles. The number of hydrogen-bond donors (Lipinski definition) is 5. The number of carbonyl (C=O) groups is 5. The predicted molar refractivity (Wildman–Crippen MR) is 131 cm³/mol. The van der Waals surface area contributed by atoms with Gasteiger partial charge in [-0.3, -0.25) is 19.8 Å². The predicted octanol–water partition coefficient (Wildman–Crippen LogP) is 1.63. The molecule has 5 amide bonds. The van der Waals surface area contributed by atoms with Crippen LogP contribution in [0.15, 0.2) is 30.3 Å². The standard InChI is InChI=1S/C24H37N5O7/c1-15(2)13-18(27-22(33)35-14-16-9-7-6-8-10-16)20(31)26-17(11-12-19(25)30)21(32)28-29-23(34)36-24(3,4)5/h6-10,15,17-18H,11-14H2,1-5H3,(H2,25,30)(H,26,31)(H,27,33)(H,28,32)(H,29,34)/t17-,18-/m0/s1. The molecule has 36 heavy (non-hydrogen) atoms. The molecule has 0 unspecified atom stereocenters. The number of hydrazine groups is 1. The Kier molecular flexibility index (Phi) is 12.2. The van der Waals surface area contributed by atoms with Crippen molar-refractivity contribution in [1.29, 1.82) is 0 Å². The van der Waals surface area contributed by atoms with Crippen LogP contribution in [-0.2, 0) is 30.5 Å². The summed E-state index contributed by atoms with van der Waals surface area (Å²) in [6, 6.07) is 6.78.